The van der Waals surface area contributed by atoms with Crippen LogP contribution in [0, 0.1) is 11.6 Å². The minimum Gasteiger partial charge on any atom is -0.490 e. The molecule has 0 aliphatic carbocycles. The fourth-order valence-corrected chi connectivity index (χ4v) is 3.44. The molecule has 1 aromatic heterocycles. The highest BCUT2D eigenvalue weighted by molar-refractivity contribution is 6.05. The van der Waals surface area contributed by atoms with Gasteiger partial charge in [-0.1, -0.05) is 52.0 Å². The van der Waals surface area contributed by atoms with E-state index in [2.05, 4.69) is 13.8 Å². The van der Waals surface area contributed by atoms with Crippen LogP contribution in [0.25, 0.3) is 21.9 Å². The molecule has 0 aliphatic heterocycles. The first-order valence-corrected chi connectivity index (χ1v) is 10.1. The fourth-order valence-electron chi connectivity index (χ4n) is 3.44. The molecule has 0 amide bonds. The Hall–Kier alpha value is -2.10. The zero-order valence-corrected chi connectivity index (χ0v) is 16.2. The van der Waals surface area contributed by atoms with Crippen LogP contribution in [-0.4, -0.2) is 6.61 Å². The Morgan fingerprint density at radius 1 is 0.778 bits per heavy atom. The van der Waals surface area contributed by atoms with E-state index in [-0.39, 0.29) is 22.7 Å². The molecule has 2 aromatic carbocycles. The van der Waals surface area contributed by atoms with E-state index in [0.29, 0.717) is 29.4 Å². The zero-order valence-electron chi connectivity index (χ0n) is 16.2. The molecule has 3 aromatic rings. The van der Waals surface area contributed by atoms with Crippen LogP contribution in [0.2, 0.25) is 0 Å². The third kappa shape index (κ3) is 4.26. The Morgan fingerprint density at radius 3 is 2.19 bits per heavy atom. The van der Waals surface area contributed by atoms with Crippen molar-refractivity contribution in [1.82, 2.24) is 0 Å². The Morgan fingerprint density at radius 2 is 1.44 bits per heavy atom. The van der Waals surface area contributed by atoms with E-state index in [9.17, 15) is 8.78 Å². The molecule has 4 heteroatoms. The Labute approximate surface area is 159 Å². The maximum Gasteiger partial charge on any atom is 0.208 e. The number of unbranched alkanes of at least 4 members (excludes halogenated alkanes) is 5. The molecule has 0 bridgehead atoms. The van der Waals surface area contributed by atoms with Crippen LogP contribution < -0.4 is 4.74 Å². The van der Waals surface area contributed by atoms with E-state index in [1.165, 1.54) is 0 Å². The number of hydrogen-bond donors (Lipinski definition) is 0. The molecular weight excluding hydrogens is 346 g/mol. The lowest BCUT2D eigenvalue weighted by atomic mass is 10.0. The van der Waals surface area contributed by atoms with Gasteiger partial charge in [-0.2, -0.15) is 4.39 Å². The molecule has 0 unspecified atom stereocenters. The van der Waals surface area contributed by atoms with Gasteiger partial charge in [-0.3, -0.25) is 0 Å². The summed E-state index contributed by atoms with van der Waals surface area (Å²) in [6, 6.07) is 6.98. The van der Waals surface area contributed by atoms with Gasteiger partial charge >= 0.3 is 0 Å². The van der Waals surface area contributed by atoms with Gasteiger partial charge in [-0.05, 0) is 43.0 Å². The van der Waals surface area contributed by atoms with Gasteiger partial charge < -0.3 is 9.15 Å². The molecule has 2 nitrogen and oxygen atoms in total. The third-order valence-corrected chi connectivity index (χ3v) is 5.04. The fraction of sp³-hybridized carbons (Fsp3) is 0.478. The summed E-state index contributed by atoms with van der Waals surface area (Å²) in [5.41, 5.74) is 0.835. The number of aryl methyl sites for hydroxylation is 1. The standard InChI is InChI=1S/C23H28F2O2/c1-3-5-7-9-15-26-19-14-13-18-17-12-11-16(10-8-6-4-2)20(24)22(17)27-23(18)21(19)25/h11-14H,3-10,15H2,1-2H3. The predicted molar refractivity (Wildman–Crippen MR) is 107 cm³/mol. The van der Waals surface area contributed by atoms with Gasteiger partial charge in [0.1, 0.15) is 0 Å². The zero-order chi connectivity index (χ0) is 19.2. The summed E-state index contributed by atoms with van der Waals surface area (Å²) in [4.78, 5) is 0. The maximum absolute atomic E-state index is 14.8. The van der Waals surface area contributed by atoms with Gasteiger partial charge in [-0.25, -0.2) is 4.39 Å². The van der Waals surface area contributed by atoms with E-state index in [0.717, 1.165) is 44.9 Å². The second-order valence-electron chi connectivity index (χ2n) is 7.14. The van der Waals surface area contributed by atoms with Crippen LogP contribution in [-0.2, 0) is 6.42 Å². The summed E-state index contributed by atoms with van der Waals surface area (Å²) in [7, 11) is 0. The molecule has 0 fully saturated rings. The highest BCUT2D eigenvalue weighted by Crippen LogP contribution is 2.36. The molecule has 0 saturated heterocycles. The Balaban J connectivity index is 1.86. The number of fused-ring (bicyclic) bond motifs is 3. The molecule has 0 N–H and O–H groups in total. The molecule has 3 rings (SSSR count). The smallest absolute Gasteiger partial charge is 0.208 e. The van der Waals surface area contributed by atoms with Crippen molar-refractivity contribution in [1.29, 1.82) is 0 Å². The number of benzene rings is 2. The molecule has 0 saturated carbocycles. The number of hydrogen-bond acceptors (Lipinski definition) is 2. The normalized spacial score (nSPS) is 11.6. The predicted octanol–water partition coefficient (Wildman–Crippen LogP) is 7.56. The molecule has 146 valence electrons. The monoisotopic (exact) mass is 374 g/mol. The highest BCUT2D eigenvalue weighted by atomic mass is 19.1. The van der Waals surface area contributed by atoms with E-state index >= 15 is 0 Å². The van der Waals surface area contributed by atoms with Crippen molar-refractivity contribution in [3.63, 3.8) is 0 Å². The lowest BCUT2D eigenvalue weighted by molar-refractivity contribution is 0.290. The van der Waals surface area contributed by atoms with E-state index in [4.69, 9.17) is 9.15 Å². The third-order valence-electron chi connectivity index (χ3n) is 5.04. The van der Waals surface area contributed by atoms with Gasteiger partial charge in [0.25, 0.3) is 0 Å². The van der Waals surface area contributed by atoms with Crippen molar-refractivity contribution < 1.29 is 17.9 Å². The summed E-state index contributed by atoms with van der Waals surface area (Å²) in [5, 5.41) is 1.19. The summed E-state index contributed by atoms with van der Waals surface area (Å²) in [5.74, 6) is -0.756. The van der Waals surface area contributed by atoms with Crippen LogP contribution in [0.3, 0.4) is 0 Å². The van der Waals surface area contributed by atoms with Crippen molar-refractivity contribution in [2.24, 2.45) is 0 Å². The van der Waals surface area contributed by atoms with Crippen LogP contribution >= 0.6 is 0 Å². The SMILES string of the molecule is CCCCCCOc1ccc2c(oc3c(F)c(CCCCC)ccc32)c1F. The van der Waals surface area contributed by atoms with E-state index in [1.807, 2.05) is 6.07 Å². The average Bonchev–Trinajstić information content (AvgIpc) is 3.06. The number of furan rings is 1. The van der Waals surface area contributed by atoms with Crippen molar-refractivity contribution in [3.8, 4) is 5.75 Å². The second-order valence-corrected chi connectivity index (χ2v) is 7.14. The average molecular weight is 374 g/mol. The van der Waals surface area contributed by atoms with Gasteiger partial charge in [0, 0.05) is 10.8 Å². The molecule has 0 atom stereocenters. The maximum atomic E-state index is 14.8. The van der Waals surface area contributed by atoms with Crippen LogP contribution in [0.5, 0.6) is 5.75 Å². The topological polar surface area (TPSA) is 22.4 Å². The van der Waals surface area contributed by atoms with Crippen molar-refractivity contribution in [2.75, 3.05) is 6.61 Å². The molecule has 27 heavy (non-hydrogen) atoms. The quantitative estimate of drug-likeness (QED) is 0.342. The van der Waals surface area contributed by atoms with Crippen molar-refractivity contribution in [3.05, 3.63) is 41.5 Å². The molecule has 1 heterocycles. The van der Waals surface area contributed by atoms with Crippen LogP contribution in [0.15, 0.2) is 28.7 Å². The van der Waals surface area contributed by atoms with Crippen LogP contribution in [0.1, 0.15) is 64.4 Å². The first-order chi connectivity index (χ1) is 13.2. The van der Waals surface area contributed by atoms with Crippen LogP contribution in [0.4, 0.5) is 8.78 Å². The molecule has 0 spiro atoms. The first kappa shape index (κ1) is 19.7. The summed E-state index contributed by atoms with van der Waals surface area (Å²) < 4.78 is 40.9. The Kier molecular flexibility index (Phi) is 6.70. The van der Waals surface area contributed by atoms with E-state index < -0.39 is 5.82 Å². The van der Waals surface area contributed by atoms with E-state index in [1.54, 1.807) is 18.2 Å². The highest BCUT2D eigenvalue weighted by Gasteiger charge is 2.19. The van der Waals surface area contributed by atoms with Gasteiger partial charge in [0.15, 0.2) is 22.7 Å². The summed E-state index contributed by atoms with van der Waals surface area (Å²) in [6.45, 7) is 4.73. The number of rotatable bonds is 10. The second kappa shape index (κ2) is 9.20. The molecular formula is C23H28F2O2. The van der Waals surface area contributed by atoms with Gasteiger partial charge in [-0.15, -0.1) is 0 Å². The summed E-state index contributed by atoms with van der Waals surface area (Å²) in [6.07, 6.45) is 7.99. The lowest BCUT2D eigenvalue weighted by Crippen LogP contribution is -1.99. The Bertz CT molecular complexity index is 898. The number of halogens is 2. The molecule has 0 aliphatic rings. The number of ether oxygens (including phenoxy) is 1. The lowest BCUT2D eigenvalue weighted by Gasteiger charge is -2.07. The summed E-state index contributed by atoms with van der Waals surface area (Å²) >= 11 is 0. The first-order valence-electron chi connectivity index (χ1n) is 10.1. The largest absolute Gasteiger partial charge is 0.490 e. The molecule has 0 radical (unpaired) electrons. The minimum absolute atomic E-state index is 0.0701. The minimum atomic E-state index is -0.550. The van der Waals surface area contributed by atoms with Crippen molar-refractivity contribution >= 4 is 21.9 Å². The van der Waals surface area contributed by atoms with Gasteiger partial charge in [0.05, 0.1) is 6.61 Å². The van der Waals surface area contributed by atoms with Crippen molar-refractivity contribution in [2.45, 2.75) is 65.2 Å². The van der Waals surface area contributed by atoms with Gasteiger partial charge in [0.2, 0.25) is 5.82 Å².